The molecule has 5 nitrogen and oxygen atoms in total. The minimum absolute atomic E-state index is 0.0741. The summed E-state index contributed by atoms with van der Waals surface area (Å²) in [6, 6.07) is 6.03. The van der Waals surface area contributed by atoms with Crippen molar-refractivity contribution in [1.29, 1.82) is 0 Å². The SMILES string of the molecule is CCCN1Cc2cccc(NC(=O)CC3(C(=O)O)CCCCCC3)c2C1. The van der Waals surface area contributed by atoms with Crippen molar-refractivity contribution in [2.75, 3.05) is 11.9 Å². The molecule has 3 rings (SSSR count). The van der Waals surface area contributed by atoms with Gasteiger partial charge in [0.05, 0.1) is 5.41 Å². The number of nitrogens with zero attached hydrogens (tertiary/aromatic N) is 1. The molecule has 5 heteroatoms. The molecule has 0 spiro atoms. The molecule has 0 bridgehead atoms. The summed E-state index contributed by atoms with van der Waals surface area (Å²) in [5.74, 6) is -0.987. The van der Waals surface area contributed by atoms with Crippen LogP contribution in [0.2, 0.25) is 0 Å². The Morgan fingerprint density at radius 3 is 2.54 bits per heavy atom. The number of anilines is 1. The van der Waals surface area contributed by atoms with Gasteiger partial charge in [0.15, 0.2) is 0 Å². The summed E-state index contributed by atoms with van der Waals surface area (Å²) < 4.78 is 0. The molecule has 26 heavy (non-hydrogen) atoms. The van der Waals surface area contributed by atoms with Crippen LogP contribution < -0.4 is 5.32 Å². The number of fused-ring (bicyclic) bond motifs is 1. The van der Waals surface area contributed by atoms with Crippen LogP contribution in [0.15, 0.2) is 18.2 Å². The van der Waals surface area contributed by atoms with E-state index in [4.69, 9.17) is 0 Å². The molecule has 0 radical (unpaired) electrons. The zero-order valence-electron chi connectivity index (χ0n) is 15.7. The third-order valence-electron chi connectivity index (χ3n) is 5.88. The number of carbonyl (C=O) groups is 2. The van der Waals surface area contributed by atoms with Crippen molar-refractivity contribution >= 4 is 17.6 Å². The number of carbonyl (C=O) groups excluding carboxylic acids is 1. The topological polar surface area (TPSA) is 69.6 Å². The Kier molecular flexibility index (Phi) is 5.97. The summed E-state index contributed by atoms with van der Waals surface area (Å²) in [7, 11) is 0. The van der Waals surface area contributed by atoms with E-state index in [2.05, 4.69) is 23.2 Å². The lowest BCUT2D eigenvalue weighted by Crippen LogP contribution is -2.35. The number of carboxylic acids is 1. The first kappa shape index (κ1) is 18.9. The molecular weight excluding hydrogens is 328 g/mol. The molecule has 142 valence electrons. The van der Waals surface area contributed by atoms with Crippen LogP contribution >= 0.6 is 0 Å². The molecule has 1 saturated carbocycles. The number of hydrogen-bond acceptors (Lipinski definition) is 3. The van der Waals surface area contributed by atoms with Gasteiger partial charge < -0.3 is 10.4 Å². The van der Waals surface area contributed by atoms with E-state index in [9.17, 15) is 14.7 Å². The molecule has 1 aromatic rings. The Morgan fingerprint density at radius 1 is 1.15 bits per heavy atom. The first-order chi connectivity index (χ1) is 12.5. The molecule has 1 heterocycles. The Balaban J connectivity index is 1.71. The monoisotopic (exact) mass is 358 g/mol. The van der Waals surface area contributed by atoms with Gasteiger partial charge in [0.1, 0.15) is 0 Å². The highest BCUT2D eigenvalue weighted by Crippen LogP contribution is 2.39. The Hall–Kier alpha value is -1.88. The minimum atomic E-state index is -0.896. The van der Waals surface area contributed by atoms with E-state index in [1.54, 1.807) is 0 Å². The van der Waals surface area contributed by atoms with Gasteiger partial charge in [-0.15, -0.1) is 0 Å². The first-order valence-corrected chi connectivity index (χ1v) is 9.90. The molecule has 2 aliphatic rings. The van der Waals surface area contributed by atoms with Crippen LogP contribution in [0, 0.1) is 5.41 Å². The lowest BCUT2D eigenvalue weighted by molar-refractivity contribution is -0.152. The van der Waals surface area contributed by atoms with Gasteiger partial charge in [-0.1, -0.05) is 44.7 Å². The molecule has 1 fully saturated rings. The molecule has 0 unspecified atom stereocenters. The van der Waals surface area contributed by atoms with Crippen LogP contribution in [0.1, 0.15) is 69.4 Å². The van der Waals surface area contributed by atoms with Crippen molar-refractivity contribution in [2.45, 2.75) is 71.4 Å². The summed E-state index contributed by atoms with van der Waals surface area (Å²) in [5.41, 5.74) is 2.39. The smallest absolute Gasteiger partial charge is 0.310 e. The van der Waals surface area contributed by atoms with Gasteiger partial charge in [-0.25, -0.2) is 0 Å². The van der Waals surface area contributed by atoms with Crippen molar-refractivity contribution in [3.8, 4) is 0 Å². The predicted octanol–water partition coefficient (Wildman–Crippen LogP) is 4.17. The standard InChI is InChI=1S/C21H30N2O3/c1-2-12-23-14-16-8-7-9-18(17(16)15-23)22-19(24)13-21(20(25)26)10-5-3-4-6-11-21/h7-9H,2-6,10-15H2,1H3,(H,22,24)(H,25,26). The lowest BCUT2D eigenvalue weighted by Gasteiger charge is -2.27. The van der Waals surface area contributed by atoms with Gasteiger partial charge in [-0.05, 0) is 43.0 Å². The van der Waals surface area contributed by atoms with Crippen molar-refractivity contribution in [1.82, 2.24) is 4.90 Å². The maximum Gasteiger partial charge on any atom is 0.310 e. The number of carboxylic acid groups (broad SMARTS) is 1. The third kappa shape index (κ3) is 4.09. The van der Waals surface area contributed by atoms with E-state index in [1.165, 1.54) is 11.1 Å². The zero-order valence-corrected chi connectivity index (χ0v) is 15.7. The van der Waals surface area contributed by atoms with Gasteiger partial charge in [0, 0.05) is 25.2 Å². The summed E-state index contributed by atoms with van der Waals surface area (Å²) in [6.45, 7) is 4.99. The number of amides is 1. The second-order valence-electron chi connectivity index (χ2n) is 7.88. The molecule has 1 aromatic carbocycles. The van der Waals surface area contributed by atoms with Crippen molar-refractivity contribution in [3.63, 3.8) is 0 Å². The molecule has 1 amide bonds. The van der Waals surface area contributed by atoms with E-state index in [1.807, 2.05) is 12.1 Å². The summed E-state index contributed by atoms with van der Waals surface area (Å²) >= 11 is 0. The first-order valence-electron chi connectivity index (χ1n) is 9.90. The predicted molar refractivity (Wildman–Crippen MR) is 102 cm³/mol. The average molecular weight is 358 g/mol. The van der Waals surface area contributed by atoms with E-state index < -0.39 is 11.4 Å². The van der Waals surface area contributed by atoms with Gasteiger partial charge in [0.2, 0.25) is 5.91 Å². The summed E-state index contributed by atoms with van der Waals surface area (Å²) in [5, 5.41) is 12.8. The Morgan fingerprint density at radius 2 is 1.88 bits per heavy atom. The van der Waals surface area contributed by atoms with Gasteiger partial charge in [-0.2, -0.15) is 0 Å². The normalized spacial score (nSPS) is 19.6. The number of nitrogens with one attached hydrogen (secondary N) is 1. The number of aliphatic carboxylic acids is 1. The van der Waals surface area contributed by atoms with Crippen molar-refractivity contribution in [2.24, 2.45) is 5.41 Å². The van der Waals surface area contributed by atoms with Crippen LogP contribution in [0.25, 0.3) is 0 Å². The van der Waals surface area contributed by atoms with E-state index >= 15 is 0 Å². The Bertz CT molecular complexity index is 663. The fourth-order valence-corrected chi connectivity index (χ4v) is 4.45. The number of rotatable bonds is 6. The molecule has 2 N–H and O–H groups in total. The van der Waals surface area contributed by atoms with Crippen LogP contribution in [0.3, 0.4) is 0 Å². The zero-order chi connectivity index (χ0) is 18.6. The van der Waals surface area contributed by atoms with Crippen LogP contribution in [0.4, 0.5) is 5.69 Å². The number of hydrogen-bond donors (Lipinski definition) is 2. The van der Waals surface area contributed by atoms with Gasteiger partial charge >= 0.3 is 5.97 Å². The average Bonchev–Trinajstić information content (AvgIpc) is 2.86. The van der Waals surface area contributed by atoms with Crippen molar-refractivity contribution in [3.05, 3.63) is 29.3 Å². The van der Waals surface area contributed by atoms with Crippen molar-refractivity contribution < 1.29 is 14.7 Å². The van der Waals surface area contributed by atoms with Crippen LogP contribution in [0.5, 0.6) is 0 Å². The maximum atomic E-state index is 12.7. The largest absolute Gasteiger partial charge is 0.481 e. The highest BCUT2D eigenvalue weighted by molar-refractivity contribution is 5.95. The maximum absolute atomic E-state index is 12.7. The van der Waals surface area contributed by atoms with E-state index in [0.29, 0.717) is 12.8 Å². The van der Waals surface area contributed by atoms with Crippen LogP contribution in [-0.4, -0.2) is 28.4 Å². The lowest BCUT2D eigenvalue weighted by atomic mass is 9.77. The highest BCUT2D eigenvalue weighted by Gasteiger charge is 2.40. The molecule has 0 atom stereocenters. The molecule has 0 aromatic heterocycles. The molecule has 0 saturated heterocycles. The molecular formula is C21H30N2O3. The molecule has 1 aliphatic carbocycles. The third-order valence-corrected chi connectivity index (χ3v) is 5.88. The highest BCUT2D eigenvalue weighted by atomic mass is 16.4. The summed E-state index contributed by atoms with van der Waals surface area (Å²) in [4.78, 5) is 27.0. The second-order valence-corrected chi connectivity index (χ2v) is 7.88. The number of benzene rings is 1. The van der Waals surface area contributed by atoms with E-state index in [0.717, 1.165) is 57.4 Å². The summed E-state index contributed by atoms with van der Waals surface area (Å²) in [6.07, 6.45) is 6.31. The molecule has 1 aliphatic heterocycles. The quantitative estimate of drug-likeness (QED) is 0.749. The van der Waals surface area contributed by atoms with Gasteiger partial charge in [-0.3, -0.25) is 14.5 Å². The fourth-order valence-electron chi connectivity index (χ4n) is 4.45. The van der Waals surface area contributed by atoms with Crippen LogP contribution in [-0.2, 0) is 22.7 Å². The second kappa shape index (κ2) is 8.21. The van der Waals surface area contributed by atoms with E-state index in [-0.39, 0.29) is 12.3 Å². The van der Waals surface area contributed by atoms with Gasteiger partial charge in [0.25, 0.3) is 0 Å². The fraction of sp³-hybridized carbons (Fsp3) is 0.619. The Labute approximate surface area is 155 Å². The minimum Gasteiger partial charge on any atom is -0.481 e.